The van der Waals surface area contributed by atoms with Crippen LogP contribution in [0.25, 0.3) is 10.6 Å². The summed E-state index contributed by atoms with van der Waals surface area (Å²) in [5, 5.41) is 9.80. The summed E-state index contributed by atoms with van der Waals surface area (Å²) < 4.78 is 0. The van der Waals surface area contributed by atoms with Crippen LogP contribution in [-0.2, 0) is 11.2 Å². The molecule has 1 aromatic heterocycles. The molecule has 1 aliphatic heterocycles. The second-order valence-electron chi connectivity index (χ2n) is 7.25. The van der Waals surface area contributed by atoms with Crippen molar-refractivity contribution in [3.05, 3.63) is 41.4 Å². The highest BCUT2D eigenvalue weighted by atomic mass is 32.1. The van der Waals surface area contributed by atoms with E-state index < -0.39 is 0 Å². The number of carbonyl (C=O) groups excluding carboxylic acids is 1. The Labute approximate surface area is 153 Å². The molecule has 132 valence electrons. The molecular weight excluding hydrogens is 330 g/mol. The summed E-state index contributed by atoms with van der Waals surface area (Å²) in [6, 6.07) is 10.3. The van der Waals surface area contributed by atoms with Gasteiger partial charge in [-0.1, -0.05) is 43.2 Å². The van der Waals surface area contributed by atoms with Gasteiger partial charge in [0.05, 0.1) is 11.1 Å². The number of carbonyl (C=O) groups is 1. The van der Waals surface area contributed by atoms with Crippen molar-refractivity contribution in [2.45, 2.75) is 32.1 Å². The maximum Gasteiger partial charge on any atom is 0.227 e. The summed E-state index contributed by atoms with van der Waals surface area (Å²) in [6.07, 6.45) is 5.46. The number of fused-ring (bicyclic) bond motifs is 1. The van der Waals surface area contributed by atoms with Gasteiger partial charge in [0.25, 0.3) is 0 Å². The molecule has 0 unspecified atom stereocenters. The van der Waals surface area contributed by atoms with E-state index in [2.05, 4.69) is 28.1 Å². The zero-order chi connectivity index (χ0) is 17.1. The van der Waals surface area contributed by atoms with Gasteiger partial charge in [-0.2, -0.15) is 0 Å². The fourth-order valence-corrected chi connectivity index (χ4v) is 5.17. The average Bonchev–Trinajstić information content (AvgIpc) is 3.30. The van der Waals surface area contributed by atoms with Crippen LogP contribution in [0.3, 0.4) is 0 Å². The molecule has 1 saturated heterocycles. The maximum atomic E-state index is 12.8. The normalized spacial score (nSPS) is 25.5. The van der Waals surface area contributed by atoms with Crippen LogP contribution in [0.2, 0.25) is 0 Å². The highest BCUT2D eigenvalue weighted by molar-refractivity contribution is 7.13. The Morgan fingerprint density at radius 1 is 1.32 bits per heavy atom. The third-order valence-electron chi connectivity index (χ3n) is 5.73. The number of aromatic nitrogens is 1. The topological polar surface area (TPSA) is 54.0 Å². The molecule has 5 heteroatoms. The summed E-state index contributed by atoms with van der Waals surface area (Å²) in [5.74, 6) is 0.769. The van der Waals surface area contributed by atoms with Gasteiger partial charge >= 0.3 is 0 Å². The van der Waals surface area contributed by atoms with Crippen molar-refractivity contribution < 1.29 is 4.79 Å². The van der Waals surface area contributed by atoms with E-state index >= 15 is 0 Å². The van der Waals surface area contributed by atoms with Crippen LogP contribution in [0.15, 0.2) is 35.7 Å². The van der Waals surface area contributed by atoms with Crippen LogP contribution < -0.4 is 10.6 Å². The van der Waals surface area contributed by atoms with Gasteiger partial charge in [-0.3, -0.25) is 4.79 Å². The van der Waals surface area contributed by atoms with Gasteiger partial charge in [0.15, 0.2) is 0 Å². The fraction of sp³-hybridized carbons (Fsp3) is 0.500. The van der Waals surface area contributed by atoms with Crippen LogP contribution >= 0.6 is 11.3 Å². The second kappa shape index (κ2) is 7.26. The molecule has 0 radical (unpaired) electrons. The summed E-state index contributed by atoms with van der Waals surface area (Å²) >= 11 is 1.67. The van der Waals surface area contributed by atoms with Crippen molar-refractivity contribution in [1.82, 2.24) is 15.6 Å². The highest BCUT2D eigenvalue weighted by Crippen LogP contribution is 2.43. The Balaban J connectivity index is 1.34. The zero-order valence-electron chi connectivity index (χ0n) is 14.5. The number of benzene rings is 1. The Morgan fingerprint density at radius 3 is 3.08 bits per heavy atom. The Kier molecular flexibility index (Phi) is 4.86. The number of hydrogen-bond acceptors (Lipinski definition) is 4. The summed E-state index contributed by atoms with van der Waals surface area (Å²) in [6.45, 7) is 2.52. The molecule has 1 amide bonds. The first-order valence-corrected chi connectivity index (χ1v) is 10.1. The Morgan fingerprint density at radius 2 is 2.20 bits per heavy atom. The van der Waals surface area contributed by atoms with E-state index in [1.165, 1.54) is 19.3 Å². The van der Waals surface area contributed by atoms with Gasteiger partial charge in [0.2, 0.25) is 5.91 Å². The quantitative estimate of drug-likeness (QED) is 0.866. The summed E-state index contributed by atoms with van der Waals surface area (Å²) in [7, 11) is 0. The molecule has 2 aliphatic rings. The van der Waals surface area contributed by atoms with E-state index in [9.17, 15) is 4.79 Å². The van der Waals surface area contributed by atoms with E-state index in [4.69, 9.17) is 4.98 Å². The van der Waals surface area contributed by atoms with Gasteiger partial charge in [-0.15, -0.1) is 11.3 Å². The summed E-state index contributed by atoms with van der Waals surface area (Å²) in [5.41, 5.74) is 2.06. The fourth-order valence-electron chi connectivity index (χ4n) is 4.31. The van der Waals surface area contributed by atoms with Crippen LogP contribution in [0.5, 0.6) is 0 Å². The van der Waals surface area contributed by atoms with Crippen LogP contribution in [0.1, 0.15) is 31.4 Å². The molecule has 25 heavy (non-hydrogen) atoms. The minimum absolute atomic E-state index is 0.157. The lowest BCUT2D eigenvalue weighted by Gasteiger charge is -2.37. The van der Waals surface area contributed by atoms with E-state index in [-0.39, 0.29) is 11.3 Å². The molecule has 1 saturated carbocycles. The predicted octanol–water partition coefficient (Wildman–Crippen LogP) is 3.25. The lowest BCUT2D eigenvalue weighted by molar-refractivity contribution is -0.133. The molecular formula is C20H25N3OS. The number of nitrogens with zero attached hydrogens (tertiary/aromatic N) is 1. The van der Waals surface area contributed by atoms with Crippen molar-refractivity contribution in [1.29, 1.82) is 0 Å². The van der Waals surface area contributed by atoms with Crippen LogP contribution in [0, 0.1) is 11.3 Å². The highest BCUT2D eigenvalue weighted by Gasteiger charge is 2.49. The largest absolute Gasteiger partial charge is 0.355 e. The standard InChI is InChI=1S/C20H25N3OS/c24-19(20-10-5-4-8-16(20)12-21-14-20)22-11-9-17-13-25-18(23-17)15-6-2-1-3-7-15/h1-3,6-7,13,16,21H,4-5,8-12,14H2,(H,22,24)/t16-,20+/m0/s1. The Bertz CT molecular complexity index is 730. The van der Waals surface area contributed by atoms with Gasteiger partial charge < -0.3 is 10.6 Å². The lowest BCUT2D eigenvalue weighted by Crippen LogP contribution is -2.48. The zero-order valence-corrected chi connectivity index (χ0v) is 15.3. The molecule has 2 heterocycles. The van der Waals surface area contributed by atoms with E-state index in [0.717, 1.165) is 42.2 Å². The van der Waals surface area contributed by atoms with Crippen molar-refractivity contribution in [3.63, 3.8) is 0 Å². The molecule has 2 N–H and O–H groups in total. The minimum Gasteiger partial charge on any atom is -0.355 e. The molecule has 0 bridgehead atoms. The SMILES string of the molecule is O=C(NCCc1csc(-c2ccccc2)n1)[C@@]12CCCC[C@H]1CNC2. The predicted molar refractivity (Wildman–Crippen MR) is 102 cm³/mol. The van der Waals surface area contributed by atoms with E-state index in [0.29, 0.717) is 12.5 Å². The molecule has 1 aliphatic carbocycles. The maximum absolute atomic E-state index is 12.8. The van der Waals surface area contributed by atoms with Crippen molar-refractivity contribution in [3.8, 4) is 10.6 Å². The molecule has 2 aromatic rings. The molecule has 0 spiro atoms. The average molecular weight is 356 g/mol. The van der Waals surface area contributed by atoms with Crippen molar-refractivity contribution in [2.75, 3.05) is 19.6 Å². The summed E-state index contributed by atoms with van der Waals surface area (Å²) in [4.78, 5) is 17.6. The van der Waals surface area contributed by atoms with Gasteiger partial charge in [-0.05, 0) is 25.3 Å². The smallest absolute Gasteiger partial charge is 0.227 e. The number of thiazole rings is 1. The third kappa shape index (κ3) is 3.35. The second-order valence-corrected chi connectivity index (χ2v) is 8.10. The third-order valence-corrected chi connectivity index (χ3v) is 6.67. The number of rotatable bonds is 5. The van der Waals surface area contributed by atoms with Crippen LogP contribution in [-0.4, -0.2) is 30.5 Å². The van der Waals surface area contributed by atoms with Gasteiger partial charge in [0, 0.05) is 30.5 Å². The number of nitrogens with one attached hydrogen (secondary N) is 2. The first kappa shape index (κ1) is 16.7. The van der Waals surface area contributed by atoms with Crippen LogP contribution in [0.4, 0.5) is 0 Å². The van der Waals surface area contributed by atoms with Crippen molar-refractivity contribution >= 4 is 17.2 Å². The molecule has 2 atom stereocenters. The van der Waals surface area contributed by atoms with E-state index in [1.807, 2.05) is 18.2 Å². The number of hydrogen-bond donors (Lipinski definition) is 2. The molecule has 4 nitrogen and oxygen atoms in total. The first-order chi connectivity index (χ1) is 12.3. The lowest BCUT2D eigenvalue weighted by atomic mass is 9.67. The van der Waals surface area contributed by atoms with Gasteiger partial charge in [0.1, 0.15) is 5.01 Å². The van der Waals surface area contributed by atoms with E-state index in [1.54, 1.807) is 11.3 Å². The van der Waals surface area contributed by atoms with Gasteiger partial charge in [-0.25, -0.2) is 4.98 Å². The van der Waals surface area contributed by atoms with Crippen molar-refractivity contribution in [2.24, 2.45) is 11.3 Å². The Hall–Kier alpha value is -1.72. The first-order valence-electron chi connectivity index (χ1n) is 9.27. The molecule has 2 fully saturated rings. The minimum atomic E-state index is -0.157. The molecule has 1 aromatic carbocycles. The monoisotopic (exact) mass is 355 g/mol. The number of amides is 1. The molecule has 4 rings (SSSR count).